The molecule has 0 fully saturated rings. The van der Waals surface area contributed by atoms with Gasteiger partial charge in [0, 0.05) is 29.7 Å². The minimum atomic E-state index is 0.732. The van der Waals surface area contributed by atoms with Crippen LogP contribution < -0.4 is 5.32 Å². The van der Waals surface area contributed by atoms with Crippen molar-refractivity contribution in [2.75, 3.05) is 11.9 Å². The van der Waals surface area contributed by atoms with Crippen molar-refractivity contribution in [3.05, 3.63) is 52.4 Å². The van der Waals surface area contributed by atoms with Gasteiger partial charge in [-0.15, -0.1) is 0 Å². The topological polar surface area (TPSA) is 37.8 Å². The van der Waals surface area contributed by atoms with Crippen LogP contribution in [0.3, 0.4) is 0 Å². The molecule has 0 unspecified atom stereocenters. The van der Waals surface area contributed by atoms with E-state index in [1.165, 1.54) is 5.56 Å². The summed E-state index contributed by atoms with van der Waals surface area (Å²) in [7, 11) is 0. The Kier molecular flexibility index (Phi) is 6.00. The second kappa shape index (κ2) is 7.99. The lowest BCUT2D eigenvalue weighted by atomic mass is 10.1. The number of nitrogens with zero attached hydrogens (tertiary/aromatic N) is 2. The van der Waals surface area contributed by atoms with Gasteiger partial charge in [-0.3, -0.25) is 0 Å². The molecule has 0 bridgehead atoms. The number of hydrogen-bond acceptors (Lipinski definition) is 3. The first-order chi connectivity index (χ1) is 10.2. The van der Waals surface area contributed by atoms with Crippen molar-refractivity contribution in [2.24, 2.45) is 0 Å². The molecule has 0 aliphatic heterocycles. The number of halogens is 1. The lowest BCUT2D eigenvalue weighted by Crippen LogP contribution is -2.07. The lowest BCUT2D eigenvalue weighted by molar-refractivity contribution is 0.838. The summed E-state index contributed by atoms with van der Waals surface area (Å²) in [5.41, 5.74) is 2.28. The maximum Gasteiger partial charge on any atom is 0.135 e. The Morgan fingerprint density at radius 1 is 1.05 bits per heavy atom. The Bertz CT molecular complexity index is 567. The van der Waals surface area contributed by atoms with Crippen LogP contribution in [0.4, 0.5) is 5.82 Å². The van der Waals surface area contributed by atoms with Gasteiger partial charge in [-0.05, 0) is 30.5 Å². The zero-order chi connectivity index (χ0) is 15.1. The molecule has 1 heterocycles. The van der Waals surface area contributed by atoms with Crippen LogP contribution in [0.15, 0.2) is 30.3 Å². The second-order valence-electron chi connectivity index (χ2n) is 5.14. The molecule has 0 spiro atoms. The first-order valence-electron chi connectivity index (χ1n) is 7.56. The Morgan fingerprint density at radius 2 is 1.81 bits per heavy atom. The zero-order valence-corrected chi connectivity index (χ0v) is 13.5. The fourth-order valence-corrected chi connectivity index (χ4v) is 2.27. The van der Waals surface area contributed by atoms with Gasteiger partial charge in [0.2, 0.25) is 0 Å². The third-order valence-electron chi connectivity index (χ3n) is 3.16. The molecular formula is C17H22ClN3. The zero-order valence-electron chi connectivity index (χ0n) is 12.7. The quantitative estimate of drug-likeness (QED) is 0.818. The SMILES string of the molecule is CCCNc1cc(CCC)nc(Cc2ccc(Cl)cc2)n1. The smallest absolute Gasteiger partial charge is 0.135 e. The molecule has 112 valence electrons. The van der Waals surface area contributed by atoms with Crippen molar-refractivity contribution in [1.29, 1.82) is 0 Å². The van der Waals surface area contributed by atoms with Gasteiger partial charge in [-0.25, -0.2) is 9.97 Å². The van der Waals surface area contributed by atoms with E-state index in [2.05, 4.69) is 35.2 Å². The largest absolute Gasteiger partial charge is 0.370 e. The number of rotatable bonds is 7. The van der Waals surface area contributed by atoms with E-state index in [9.17, 15) is 0 Å². The summed E-state index contributed by atoms with van der Waals surface area (Å²) < 4.78 is 0. The van der Waals surface area contributed by atoms with Crippen molar-refractivity contribution >= 4 is 17.4 Å². The van der Waals surface area contributed by atoms with Crippen LogP contribution in [0.25, 0.3) is 0 Å². The molecule has 0 aliphatic rings. The molecular weight excluding hydrogens is 282 g/mol. The van der Waals surface area contributed by atoms with Gasteiger partial charge in [0.25, 0.3) is 0 Å². The van der Waals surface area contributed by atoms with Crippen molar-refractivity contribution in [1.82, 2.24) is 9.97 Å². The molecule has 1 N–H and O–H groups in total. The monoisotopic (exact) mass is 303 g/mol. The Morgan fingerprint density at radius 3 is 2.48 bits per heavy atom. The van der Waals surface area contributed by atoms with E-state index in [0.29, 0.717) is 0 Å². The van der Waals surface area contributed by atoms with Crippen molar-refractivity contribution in [3.8, 4) is 0 Å². The molecule has 4 heteroatoms. The number of nitrogens with one attached hydrogen (secondary N) is 1. The number of benzene rings is 1. The van der Waals surface area contributed by atoms with E-state index < -0.39 is 0 Å². The predicted octanol–water partition coefficient (Wildman–Crippen LogP) is 4.50. The van der Waals surface area contributed by atoms with Gasteiger partial charge in [0.15, 0.2) is 0 Å². The molecule has 2 aromatic rings. The number of hydrogen-bond donors (Lipinski definition) is 1. The van der Waals surface area contributed by atoms with Crippen LogP contribution in [0.1, 0.15) is 43.8 Å². The summed E-state index contributed by atoms with van der Waals surface area (Å²) in [4.78, 5) is 9.28. The van der Waals surface area contributed by atoms with Crippen LogP contribution >= 0.6 is 11.6 Å². The van der Waals surface area contributed by atoms with Crippen LogP contribution in [0.5, 0.6) is 0 Å². The summed E-state index contributed by atoms with van der Waals surface area (Å²) in [5.74, 6) is 1.79. The van der Waals surface area contributed by atoms with Gasteiger partial charge in [-0.2, -0.15) is 0 Å². The summed E-state index contributed by atoms with van der Waals surface area (Å²) in [5, 5.41) is 4.11. The number of anilines is 1. The highest BCUT2D eigenvalue weighted by atomic mass is 35.5. The third-order valence-corrected chi connectivity index (χ3v) is 3.42. The summed E-state index contributed by atoms with van der Waals surface area (Å²) in [6.07, 6.45) is 3.89. The van der Waals surface area contributed by atoms with Crippen molar-refractivity contribution in [3.63, 3.8) is 0 Å². The molecule has 0 aliphatic carbocycles. The van der Waals surface area contributed by atoms with Crippen LogP contribution in [-0.2, 0) is 12.8 Å². The van der Waals surface area contributed by atoms with Gasteiger partial charge < -0.3 is 5.32 Å². The van der Waals surface area contributed by atoms with Crippen LogP contribution in [0, 0.1) is 0 Å². The lowest BCUT2D eigenvalue weighted by Gasteiger charge is -2.09. The predicted molar refractivity (Wildman–Crippen MR) is 89.1 cm³/mol. The Balaban J connectivity index is 2.19. The highest BCUT2D eigenvalue weighted by molar-refractivity contribution is 6.30. The summed E-state index contributed by atoms with van der Waals surface area (Å²) in [6.45, 7) is 5.25. The fourth-order valence-electron chi connectivity index (χ4n) is 2.14. The molecule has 0 atom stereocenters. The second-order valence-corrected chi connectivity index (χ2v) is 5.58. The number of aryl methyl sites for hydroxylation is 1. The normalized spacial score (nSPS) is 10.6. The average molecular weight is 304 g/mol. The molecule has 21 heavy (non-hydrogen) atoms. The maximum atomic E-state index is 5.92. The molecule has 1 aromatic carbocycles. The molecule has 1 aromatic heterocycles. The molecule has 0 saturated heterocycles. The van der Waals surface area contributed by atoms with Gasteiger partial charge in [-0.1, -0.05) is 44.0 Å². The highest BCUT2D eigenvalue weighted by Crippen LogP contribution is 2.14. The van der Waals surface area contributed by atoms with Gasteiger partial charge >= 0.3 is 0 Å². The van der Waals surface area contributed by atoms with E-state index >= 15 is 0 Å². The number of aromatic nitrogens is 2. The minimum absolute atomic E-state index is 0.732. The third kappa shape index (κ3) is 5.01. The molecule has 3 nitrogen and oxygen atoms in total. The molecule has 0 saturated carbocycles. The van der Waals surface area contributed by atoms with E-state index in [-0.39, 0.29) is 0 Å². The van der Waals surface area contributed by atoms with Gasteiger partial charge in [0.1, 0.15) is 11.6 Å². The summed E-state index contributed by atoms with van der Waals surface area (Å²) in [6, 6.07) is 9.92. The van der Waals surface area contributed by atoms with E-state index in [1.54, 1.807) is 0 Å². The van der Waals surface area contributed by atoms with E-state index in [1.807, 2.05) is 24.3 Å². The fraction of sp³-hybridized carbons (Fsp3) is 0.412. The minimum Gasteiger partial charge on any atom is -0.370 e. The standard InChI is InChI=1S/C17H22ClN3/c1-3-5-15-12-16(19-10-4-2)21-17(20-15)11-13-6-8-14(18)9-7-13/h6-9,12H,3-5,10-11H2,1-2H3,(H,19,20,21). The Labute approximate surface area is 131 Å². The summed E-state index contributed by atoms with van der Waals surface area (Å²) >= 11 is 5.92. The highest BCUT2D eigenvalue weighted by Gasteiger charge is 2.05. The maximum absolute atomic E-state index is 5.92. The van der Waals surface area contributed by atoms with E-state index in [4.69, 9.17) is 11.6 Å². The van der Waals surface area contributed by atoms with Crippen LogP contribution in [0.2, 0.25) is 5.02 Å². The Hall–Kier alpha value is -1.61. The van der Waals surface area contributed by atoms with Crippen molar-refractivity contribution < 1.29 is 0 Å². The average Bonchev–Trinajstić information content (AvgIpc) is 2.48. The first-order valence-corrected chi connectivity index (χ1v) is 7.94. The van der Waals surface area contributed by atoms with Crippen LogP contribution in [-0.4, -0.2) is 16.5 Å². The molecule has 2 rings (SSSR count). The first kappa shape index (κ1) is 15.8. The van der Waals surface area contributed by atoms with Gasteiger partial charge in [0.05, 0.1) is 0 Å². The van der Waals surface area contributed by atoms with Crippen molar-refractivity contribution in [2.45, 2.75) is 39.5 Å². The molecule has 0 radical (unpaired) electrons. The molecule has 0 amide bonds. The van der Waals surface area contributed by atoms with E-state index in [0.717, 1.165) is 54.6 Å².